The zero-order chi connectivity index (χ0) is 14.8. The SMILES string of the molecule is Cc1cc(Nc2cc(C)[nH]n2)cc(N2CCNC(C)C2)n1. The third-order valence-electron chi connectivity index (χ3n) is 3.61. The minimum absolute atomic E-state index is 0.492. The van der Waals surface area contributed by atoms with E-state index in [1.54, 1.807) is 0 Å². The number of aryl methyl sites for hydroxylation is 2. The van der Waals surface area contributed by atoms with E-state index in [1.807, 2.05) is 26.0 Å². The second-order valence-corrected chi connectivity index (χ2v) is 5.72. The molecule has 1 saturated heterocycles. The van der Waals surface area contributed by atoms with Gasteiger partial charge in [-0.15, -0.1) is 0 Å². The molecule has 3 heterocycles. The molecule has 21 heavy (non-hydrogen) atoms. The number of aromatic nitrogens is 3. The minimum Gasteiger partial charge on any atom is -0.354 e. The summed E-state index contributed by atoms with van der Waals surface area (Å²) in [7, 11) is 0. The third-order valence-corrected chi connectivity index (χ3v) is 3.61. The van der Waals surface area contributed by atoms with E-state index >= 15 is 0 Å². The van der Waals surface area contributed by atoms with Crippen LogP contribution in [0, 0.1) is 13.8 Å². The lowest BCUT2D eigenvalue weighted by Crippen LogP contribution is -2.49. The van der Waals surface area contributed by atoms with E-state index in [0.717, 1.165) is 48.3 Å². The molecule has 1 unspecified atom stereocenters. The first-order valence-corrected chi connectivity index (χ1v) is 7.36. The first kappa shape index (κ1) is 13.9. The molecule has 0 aromatic carbocycles. The molecule has 3 N–H and O–H groups in total. The van der Waals surface area contributed by atoms with E-state index < -0.39 is 0 Å². The molecule has 1 fully saturated rings. The molecule has 0 spiro atoms. The third kappa shape index (κ3) is 3.33. The van der Waals surface area contributed by atoms with Crippen molar-refractivity contribution in [3.63, 3.8) is 0 Å². The van der Waals surface area contributed by atoms with E-state index in [-0.39, 0.29) is 0 Å². The maximum atomic E-state index is 4.67. The zero-order valence-electron chi connectivity index (χ0n) is 12.8. The average Bonchev–Trinajstić information content (AvgIpc) is 2.83. The van der Waals surface area contributed by atoms with Gasteiger partial charge in [0.1, 0.15) is 5.82 Å². The predicted molar refractivity (Wildman–Crippen MR) is 85.3 cm³/mol. The van der Waals surface area contributed by atoms with Crippen molar-refractivity contribution in [2.75, 3.05) is 29.9 Å². The van der Waals surface area contributed by atoms with Crippen molar-refractivity contribution in [1.82, 2.24) is 20.5 Å². The van der Waals surface area contributed by atoms with Gasteiger partial charge in [0.25, 0.3) is 0 Å². The molecule has 6 heteroatoms. The molecule has 1 aliphatic rings. The highest BCUT2D eigenvalue weighted by molar-refractivity contribution is 5.61. The van der Waals surface area contributed by atoms with Crippen LogP contribution in [0.4, 0.5) is 17.3 Å². The van der Waals surface area contributed by atoms with E-state index in [0.29, 0.717) is 6.04 Å². The van der Waals surface area contributed by atoms with Crippen molar-refractivity contribution >= 4 is 17.3 Å². The number of H-pyrrole nitrogens is 1. The summed E-state index contributed by atoms with van der Waals surface area (Å²) >= 11 is 0. The number of nitrogens with one attached hydrogen (secondary N) is 3. The van der Waals surface area contributed by atoms with Crippen molar-refractivity contribution in [1.29, 1.82) is 0 Å². The van der Waals surface area contributed by atoms with Crippen LogP contribution in [-0.2, 0) is 0 Å². The van der Waals surface area contributed by atoms with Gasteiger partial charge in [0.15, 0.2) is 5.82 Å². The monoisotopic (exact) mass is 286 g/mol. The maximum absolute atomic E-state index is 4.67. The number of anilines is 3. The van der Waals surface area contributed by atoms with Gasteiger partial charge in [-0.3, -0.25) is 5.10 Å². The molecule has 0 amide bonds. The molecule has 1 aliphatic heterocycles. The number of aromatic amines is 1. The van der Waals surface area contributed by atoms with Crippen molar-refractivity contribution in [3.05, 3.63) is 29.6 Å². The number of hydrogen-bond acceptors (Lipinski definition) is 5. The summed E-state index contributed by atoms with van der Waals surface area (Å²) in [6.07, 6.45) is 0. The average molecular weight is 286 g/mol. The predicted octanol–water partition coefficient (Wildman–Crippen LogP) is 1.96. The van der Waals surface area contributed by atoms with Crippen LogP contribution in [0.2, 0.25) is 0 Å². The molecule has 3 rings (SSSR count). The molecule has 0 radical (unpaired) electrons. The first-order valence-electron chi connectivity index (χ1n) is 7.36. The van der Waals surface area contributed by atoms with E-state index in [1.165, 1.54) is 0 Å². The summed E-state index contributed by atoms with van der Waals surface area (Å²) in [5, 5.41) is 13.9. The molecular weight excluding hydrogens is 264 g/mol. The Kier molecular flexibility index (Phi) is 3.79. The number of pyridine rings is 1. The molecular formula is C15H22N6. The fourth-order valence-electron chi connectivity index (χ4n) is 2.66. The van der Waals surface area contributed by atoms with Gasteiger partial charge >= 0.3 is 0 Å². The molecule has 0 bridgehead atoms. The smallest absolute Gasteiger partial charge is 0.152 e. The first-order chi connectivity index (χ1) is 10.1. The van der Waals surface area contributed by atoms with Gasteiger partial charge in [0.05, 0.1) is 0 Å². The Balaban J connectivity index is 1.82. The van der Waals surface area contributed by atoms with Crippen LogP contribution >= 0.6 is 0 Å². The highest BCUT2D eigenvalue weighted by Crippen LogP contribution is 2.22. The Morgan fingerprint density at radius 3 is 2.86 bits per heavy atom. The number of piperazine rings is 1. The number of hydrogen-bond donors (Lipinski definition) is 3. The maximum Gasteiger partial charge on any atom is 0.152 e. The minimum atomic E-state index is 0.492. The molecule has 112 valence electrons. The normalized spacial score (nSPS) is 18.8. The summed E-state index contributed by atoms with van der Waals surface area (Å²) in [6, 6.07) is 6.61. The number of nitrogens with zero attached hydrogens (tertiary/aromatic N) is 3. The molecule has 0 aliphatic carbocycles. The van der Waals surface area contributed by atoms with Crippen LogP contribution in [-0.4, -0.2) is 40.9 Å². The molecule has 2 aromatic rings. The second kappa shape index (κ2) is 5.73. The molecule has 2 aromatic heterocycles. The number of rotatable bonds is 3. The Morgan fingerprint density at radius 2 is 2.14 bits per heavy atom. The van der Waals surface area contributed by atoms with E-state index in [4.69, 9.17) is 0 Å². The van der Waals surface area contributed by atoms with Crippen molar-refractivity contribution in [2.45, 2.75) is 26.8 Å². The summed E-state index contributed by atoms with van der Waals surface area (Å²) in [6.45, 7) is 9.19. The van der Waals surface area contributed by atoms with Gasteiger partial charge in [-0.2, -0.15) is 5.10 Å². The molecule has 1 atom stereocenters. The van der Waals surface area contributed by atoms with Crippen LogP contribution in [0.15, 0.2) is 18.2 Å². The van der Waals surface area contributed by atoms with Crippen molar-refractivity contribution in [3.8, 4) is 0 Å². The van der Waals surface area contributed by atoms with Gasteiger partial charge in [0, 0.05) is 54.9 Å². The van der Waals surface area contributed by atoms with Crippen molar-refractivity contribution in [2.24, 2.45) is 0 Å². The standard InChI is InChI=1S/C15H22N6/c1-10-6-13(18-14-7-11(2)19-20-14)8-15(17-10)21-5-4-16-12(3)9-21/h6-8,12,16H,4-5,9H2,1-3H3,(H2,17,18,19,20). The van der Waals surface area contributed by atoms with Crippen molar-refractivity contribution < 1.29 is 0 Å². The topological polar surface area (TPSA) is 68.9 Å². The van der Waals surface area contributed by atoms with Crippen LogP contribution in [0.25, 0.3) is 0 Å². The zero-order valence-corrected chi connectivity index (χ0v) is 12.8. The quantitative estimate of drug-likeness (QED) is 0.805. The molecule has 0 saturated carbocycles. The lowest BCUT2D eigenvalue weighted by molar-refractivity contribution is 0.482. The summed E-state index contributed by atoms with van der Waals surface area (Å²) in [5.41, 5.74) is 3.07. The summed E-state index contributed by atoms with van der Waals surface area (Å²) in [4.78, 5) is 7.00. The lowest BCUT2D eigenvalue weighted by atomic mass is 10.2. The van der Waals surface area contributed by atoms with Gasteiger partial charge in [0.2, 0.25) is 0 Å². The van der Waals surface area contributed by atoms with Crippen LogP contribution in [0.1, 0.15) is 18.3 Å². The highest BCUT2D eigenvalue weighted by atomic mass is 15.2. The Morgan fingerprint density at radius 1 is 1.29 bits per heavy atom. The van der Waals surface area contributed by atoms with Gasteiger partial charge in [-0.25, -0.2) is 4.98 Å². The van der Waals surface area contributed by atoms with E-state index in [2.05, 4.69) is 43.7 Å². The van der Waals surface area contributed by atoms with Gasteiger partial charge in [-0.1, -0.05) is 0 Å². The fraction of sp³-hybridized carbons (Fsp3) is 0.467. The Bertz CT molecular complexity index is 620. The Hall–Kier alpha value is -2.08. The van der Waals surface area contributed by atoms with Crippen LogP contribution in [0.3, 0.4) is 0 Å². The second-order valence-electron chi connectivity index (χ2n) is 5.72. The molecule has 6 nitrogen and oxygen atoms in total. The summed E-state index contributed by atoms with van der Waals surface area (Å²) < 4.78 is 0. The fourth-order valence-corrected chi connectivity index (χ4v) is 2.66. The van der Waals surface area contributed by atoms with Crippen LogP contribution in [0.5, 0.6) is 0 Å². The summed E-state index contributed by atoms with van der Waals surface area (Å²) in [5.74, 6) is 1.86. The van der Waals surface area contributed by atoms with E-state index in [9.17, 15) is 0 Å². The van der Waals surface area contributed by atoms with Gasteiger partial charge < -0.3 is 15.5 Å². The Labute approximate surface area is 125 Å². The largest absolute Gasteiger partial charge is 0.354 e. The van der Waals surface area contributed by atoms with Crippen LogP contribution < -0.4 is 15.5 Å². The lowest BCUT2D eigenvalue weighted by Gasteiger charge is -2.33. The highest BCUT2D eigenvalue weighted by Gasteiger charge is 2.17. The van der Waals surface area contributed by atoms with Gasteiger partial charge in [-0.05, 0) is 26.8 Å².